The summed E-state index contributed by atoms with van der Waals surface area (Å²) in [6.07, 6.45) is 1.23. The number of hydrogen-bond acceptors (Lipinski definition) is 5. The second-order valence-electron chi connectivity index (χ2n) is 11.6. The molecular weight excluding hydrogens is 443 g/mol. The van der Waals surface area contributed by atoms with E-state index in [1.807, 2.05) is 52.5 Å². The van der Waals surface area contributed by atoms with E-state index in [-0.39, 0.29) is 17.6 Å². The first-order chi connectivity index (χ1) is 15.3. The maximum Gasteiger partial charge on any atom is 0.410 e. The van der Waals surface area contributed by atoms with Crippen molar-refractivity contribution in [3.05, 3.63) is 23.4 Å². The lowest BCUT2D eigenvalue weighted by atomic mass is 9.73. The van der Waals surface area contributed by atoms with Crippen molar-refractivity contribution in [2.45, 2.75) is 83.4 Å². The molecule has 2 fully saturated rings. The number of carbonyl (C=O) groups excluding carboxylic acids is 1. The number of fused-ring (bicyclic) bond motifs is 1. The number of likely N-dealkylation sites (tertiary alicyclic amines) is 1. The fourth-order valence-corrected chi connectivity index (χ4v) is 5.80. The summed E-state index contributed by atoms with van der Waals surface area (Å²) in [5, 5.41) is 0. The number of aromatic nitrogens is 1. The van der Waals surface area contributed by atoms with Crippen molar-refractivity contribution in [1.82, 2.24) is 14.6 Å². The smallest absolute Gasteiger partial charge is 0.410 e. The molecule has 9 heteroatoms. The number of halogens is 1. The standard InChI is InChI=1S/C24H37FN4O3S/c1-22(2,3)32-21(30)28-11-9-24(10-12-28)13-18-17(20(24)27-33(31)23(4,5)6)7-8-19(26-18)29-14-16(25)15-29/h7-8,16,20,27H,9-15H2,1-6H3/t20-,33?/m1/s1. The number of hydrogen-bond donors (Lipinski definition) is 1. The van der Waals surface area contributed by atoms with Crippen LogP contribution in [0, 0.1) is 5.41 Å². The molecule has 1 N–H and O–H groups in total. The summed E-state index contributed by atoms with van der Waals surface area (Å²) in [5.74, 6) is 0.807. The number of nitrogens with zero attached hydrogens (tertiary/aromatic N) is 3. The average Bonchev–Trinajstić information content (AvgIpc) is 2.96. The van der Waals surface area contributed by atoms with Crippen LogP contribution in [0.2, 0.25) is 0 Å². The Bertz CT molecular complexity index is 929. The third kappa shape index (κ3) is 5.04. The summed E-state index contributed by atoms with van der Waals surface area (Å²) in [6.45, 7) is 13.5. The van der Waals surface area contributed by atoms with E-state index in [1.54, 1.807) is 4.90 Å². The van der Waals surface area contributed by atoms with Gasteiger partial charge in [0.05, 0.1) is 34.9 Å². The monoisotopic (exact) mass is 480 g/mol. The van der Waals surface area contributed by atoms with Crippen molar-refractivity contribution in [3.63, 3.8) is 0 Å². The Morgan fingerprint density at radius 1 is 1.18 bits per heavy atom. The quantitative estimate of drug-likeness (QED) is 0.710. The molecule has 0 bridgehead atoms. The van der Waals surface area contributed by atoms with Crippen LogP contribution >= 0.6 is 0 Å². The van der Waals surface area contributed by atoms with Gasteiger partial charge in [-0.25, -0.2) is 23.1 Å². The fraction of sp³-hybridized carbons (Fsp3) is 0.750. The summed E-state index contributed by atoms with van der Waals surface area (Å²) >= 11 is 0. The number of carbonyl (C=O) groups is 1. The minimum Gasteiger partial charge on any atom is -0.444 e. The van der Waals surface area contributed by atoms with Gasteiger partial charge in [0, 0.05) is 18.8 Å². The van der Waals surface area contributed by atoms with Gasteiger partial charge < -0.3 is 14.5 Å². The minimum absolute atomic E-state index is 0.111. The Morgan fingerprint density at radius 3 is 2.36 bits per heavy atom. The van der Waals surface area contributed by atoms with Crippen molar-refractivity contribution in [2.75, 3.05) is 31.1 Å². The maximum atomic E-state index is 13.4. The molecule has 4 rings (SSSR count). The van der Waals surface area contributed by atoms with Crippen molar-refractivity contribution < 1.29 is 18.1 Å². The number of rotatable bonds is 3. The van der Waals surface area contributed by atoms with Crippen LogP contribution in [0.3, 0.4) is 0 Å². The van der Waals surface area contributed by atoms with E-state index in [4.69, 9.17) is 9.72 Å². The maximum absolute atomic E-state index is 13.4. The molecule has 2 atom stereocenters. The van der Waals surface area contributed by atoms with Crippen LogP contribution in [0.1, 0.15) is 71.7 Å². The molecule has 0 saturated carbocycles. The van der Waals surface area contributed by atoms with Gasteiger partial charge in [0.2, 0.25) is 0 Å². The van der Waals surface area contributed by atoms with Crippen LogP contribution < -0.4 is 9.62 Å². The van der Waals surface area contributed by atoms with Crippen molar-refractivity contribution >= 4 is 22.9 Å². The molecule has 2 aliphatic heterocycles. The number of amides is 1. The van der Waals surface area contributed by atoms with Gasteiger partial charge in [0.1, 0.15) is 17.6 Å². The molecule has 2 saturated heterocycles. The van der Waals surface area contributed by atoms with Gasteiger partial charge in [-0.2, -0.15) is 0 Å². The van der Waals surface area contributed by atoms with Crippen LogP contribution in [-0.2, 0) is 22.1 Å². The average molecular weight is 481 g/mol. The first-order valence-electron chi connectivity index (χ1n) is 11.8. The number of alkyl halides is 1. The lowest BCUT2D eigenvalue weighted by molar-refractivity contribution is 0.00719. The molecule has 7 nitrogen and oxygen atoms in total. The third-order valence-corrected chi connectivity index (χ3v) is 8.35. The molecule has 33 heavy (non-hydrogen) atoms. The van der Waals surface area contributed by atoms with Gasteiger partial charge in [0.25, 0.3) is 0 Å². The van der Waals surface area contributed by atoms with Crippen molar-refractivity contribution in [1.29, 1.82) is 0 Å². The van der Waals surface area contributed by atoms with E-state index in [9.17, 15) is 13.4 Å². The lowest BCUT2D eigenvalue weighted by Crippen LogP contribution is -2.49. The van der Waals surface area contributed by atoms with Crippen LogP contribution in [0.25, 0.3) is 0 Å². The molecular formula is C24H37FN4O3S. The number of pyridine rings is 1. The zero-order chi connectivity index (χ0) is 24.2. The molecule has 1 spiro atoms. The first kappa shape index (κ1) is 24.4. The molecule has 3 aliphatic rings. The molecule has 1 aromatic heterocycles. The van der Waals surface area contributed by atoms with Crippen molar-refractivity contribution in [2.24, 2.45) is 5.41 Å². The van der Waals surface area contributed by atoms with E-state index < -0.39 is 27.5 Å². The van der Waals surface area contributed by atoms with Gasteiger partial charge >= 0.3 is 6.09 Å². The second kappa shape index (κ2) is 8.48. The summed E-state index contributed by atoms with van der Waals surface area (Å²) in [7, 11) is -1.25. The Labute approximate surface area is 199 Å². The third-order valence-electron chi connectivity index (χ3n) is 6.79. The SMILES string of the molecule is CC(C)(C)OC(=O)N1CCC2(CC1)Cc1nc(N3CC(F)C3)ccc1[C@H]2NS(=O)C(C)(C)C. The minimum atomic E-state index is -1.25. The molecule has 1 aromatic rings. The second-order valence-corrected chi connectivity index (χ2v) is 13.6. The van der Waals surface area contributed by atoms with Crippen LogP contribution in [0.5, 0.6) is 0 Å². The Morgan fingerprint density at radius 2 is 1.82 bits per heavy atom. The summed E-state index contributed by atoms with van der Waals surface area (Å²) < 4.78 is 35.1. The lowest BCUT2D eigenvalue weighted by Gasteiger charge is -2.43. The molecule has 1 amide bonds. The molecule has 184 valence electrons. The van der Waals surface area contributed by atoms with E-state index in [2.05, 4.69) is 10.8 Å². The van der Waals surface area contributed by atoms with Gasteiger partial charge in [-0.05, 0) is 77.8 Å². The number of nitrogens with one attached hydrogen (secondary N) is 1. The predicted octanol–water partition coefficient (Wildman–Crippen LogP) is 3.91. The van der Waals surface area contributed by atoms with E-state index in [0.717, 1.165) is 36.3 Å². The highest BCUT2D eigenvalue weighted by atomic mass is 32.2. The van der Waals surface area contributed by atoms with Gasteiger partial charge in [-0.3, -0.25) is 0 Å². The van der Waals surface area contributed by atoms with Gasteiger partial charge in [-0.1, -0.05) is 6.07 Å². The Balaban J connectivity index is 1.56. The number of ether oxygens (including phenoxy) is 1. The molecule has 1 aliphatic carbocycles. The topological polar surface area (TPSA) is 74.8 Å². The normalized spacial score (nSPS) is 23.9. The van der Waals surface area contributed by atoms with Gasteiger partial charge in [-0.15, -0.1) is 0 Å². The van der Waals surface area contributed by atoms with E-state index in [1.165, 1.54) is 0 Å². The zero-order valence-electron chi connectivity index (χ0n) is 20.6. The van der Waals surface area contributed by atoms with Crippen LogP contribution in [0.15, 0.2) is 12.1 Å². The molecule has 0 aromatic carbocycles. The number of piperidine rings is 1. The highest BCUT2D eigenvalue weighted by molar-refractivity contribution is 7.84. The summed E-state index contributed by atoms with van der Waals surface area (Å²) in [6, 6.07) is 3.91. The van der Waals surface area contributed by atoms with Gasteiger partial charge in [0.15, 0.2) is 0 Å². The Hall–Kier alpha value is -1.74. The number of anilines is 1. The predicted molar refractivity (Wildman–Crippen MR) is 128 cm³/mol. The molecule has 0 radical (unpaired) electrons. The summed E-state index contributed by atoms with van der Waals surface area (Å²) in [5.41, 5.74) is 1.35. The first-order valence-corrected chi connectivity index (χ1v) is 13.0. The molecule has 3 heterocycles. The summed E-state index contributed by atoms with van der Waals surface area (Å²) in [4.78, 5) is 21.2. The van der Waals surface area contributed by atoms with Crippen LogP contribution in [0.4, 0.5) is 15.0 Å². The highest BCUT2D eigenvalue weighted by Crippen LogP contribution is 2.52. The zero-order valence-corrected chi connectivity index (χ0v) is 21.4. The molecule has 1 unspecified atom stereocenters. The van der Waals surface area contributed by atoms with Crippen molar-refractivity contribution in [3.8, 4) is 0 Å². The van der Waals surface area contributed by atoms with E-state index in [0.29, 0.717) is 26.2 Å². The largest absolute Gasteiger partial charge is 0.444 e. The van der Waals surface area contributed by atoms with Crippen LogP contribution in [-0.4, -0.2) is 62.9 Å². The van der Waals surface area contributed by atoms with E-state index >= 15 is 0 Å². The Kier molecular flexibility index (Phi) is 6.27. The highest BCUT2D eigenvalue weighted by Gasteiger charge is 2.50. The fourth-order valence-electron chi connectivity index (χ4n) is 4.86.